The molecule has 1 saturated heterocycles. The van der Waals surface area contributed by atoms with Crippen molar-refractivity contribution in [1.29, 1.82) is 0 Å². The number of likely N-dealkylation sites (tertiary alicyclic amines) is 1. The minimum absolute atomic E-state index is 0.145. The fraction of sp³-hybridized carbons (Fsp3) is 0.929. The van der Waals surface area contributed by atoms with Gasteiger partial charge in [-0.2, -0.15) is 0 Å². The number of ether oxygens (including phenoxy) is 1. The zero-order chi connectivity index (χ0) is 12.3. The first-order chi connectivity index (χ1) is 8.16. The van der Waals surface area contributed by atoms with Crippen molar-refractivity contribution >= 4 is 5.91 Å². The Labute approximate surface area is 105 Å². The van der Waals surface area contributed by atoms with E-state index >= 15 is 0 Å². The van der Waals surface area contributed by atoms with Gasteiger partial charge in [0.1, 0.15) is 6.61 Å². The first-order valence-corrected chi connectivity index (χ1v) is 7.06. The van der Waals surface area contributed by atoms with E-state index in [1.807, 2.05) is 18.7 Å². The van der Waals surface area contributed by atoms with Gasteiger partial charge in [0.2, 0.25) is 5.91 Å². The van der Waals surface area contributed by atoms with Crippen LogP contribution in [-0.4, -0.2) is 36.6 Å². The number of hydrogen-bond donors (Lipinski definition) is 0. The standard InChI is InChI=1S/C14H25NO2/c1-11(2)17-10-14(16)15-8-7-12-5-3-4-6-13(12)9-15/h11-13H,3-10H2,1-2H3. The minimum Gasteiger partial charge on any atom is -0.369 e. The number of carbonyl (C=O) groups excluding carboxylic acids is 1. The van der Waals surface area contributed by atoms with Crippen LogP contribution in [0.4, 0.5) is 0 Å². The highest BCUT2D eigenvalue weighted by Gasteiger charge is 2.32. The molecule has 2 fully saturated rings. The number of fused-ring (bicyclic) bond motifs is 1. The molecule has 3 nitrogen and oxygen atoms in total. The van der Waals surface area contributed by atoms with E-state index in [2.05, 4.69) is 0 Å². The van der Waals surface area contributed by atoms with Crippen LogP contribution < -0.4 is 0 Å². The summed E-state index contributed by atoms with van der Waals surface area (Å²) < 4.78 is 5.40. The quantitative estimate of drug-likeness (QED) is 0.757. The number of rotatable bonds is 3. The van der Waals surface area contributed by atoms with Crippen molar-refractivity contribution in [3.63, 3.8) is 0 Å². The van der Waals surface area contributed by atoms with Gasteiger partial charge in [0.15, 0.2) is 0 Å². The molecule has 2 unspecified atom stereocenters. The van der Waals surface area contributed by atoms with E-state index in [9.17, 15) is 4.79 Å². The highest BCUT2D eigenvalue weighted by molar-refractivity contribution is 5.77. The van der Waals surface area contributed by atoms with Crippen LogP contribution in [0.3, 0.4) is 0 Å². The van der Waals surface area contributed by atoms with Gasteiger partial charge in [-0.3, -0.25) is 4.79 Å². The summed E-state index contributed by atoms with van der Waals surface area (Å²) in [5, 5.41) is 0. The number of amides is 1. The van der Waals surface area contributed by atoms with Crippen LogP contribution >= 0.6 is 0 Å². The second-order valence-electron chi connectivity index (χ2n) is 5.79. The number of hydrogen-bond acceptors (Lipinski definition) is 2. The fourth-order valence-corrected chi connectivity index (χ4v) is 3.16. The van der Waals surface area contributed by atoms with Gasteiger partial charge in [0.05, 0.1) is 6.10 Å². The first kappa shape index (κ1) is 12.9. The summed E-state index contributed by atoms with van der Waals surface area (Å²) >= 11 is 0. The van der Waals surface area contributed by atoms with Gasteiger partial charge in [-0.25, -0.2) is 0 Å². The molecule has 0 aromatic carbocycles. The lowest BCUT2D eigenvalue weighted by Crippen LogP contribution is -2.46. The fourth-order valence-electron chi connectivity index (χ4n) is 3.16. The average Bonchev–Trinajstić information content (AvgIpc) is 2.35. The molecule has 98 valence electrons. The molecule has 2 aliphatic rings. The summed E-state index contributed by atoms with van der Waals surface area (Å²) in [4.78, 5) is 14.0. The van der Waals surface area contributed by atoms with E-state index in [0.29, 0.717) is 0 Å². The van der Waals surface area contributed by atoms with Crippen LogP contribution in [0, 0.1) is 11.8 Å². The minimum atomic E-state index is 0.145. The Morgan fingerprint density at radius 3 is 2.65 bits per heavy atom. The third-order valence-corrected chi connectivity index (χ3v) is 4.18. The highest BCUT2D eigenvalue weighted by atomic mass is 16.5. The molecular formula is C14H25NO2. The van der Waals surface area contributed by atoms with E-state index in [4.69, 9.17) is 4.74 Å². The molecule has 0 spiro atoms. The molecule has 2 atom stereocenters. The van der Waals surface area contributed by atoms with Gasteiger partial charge in [-0.05, 0) is 38.5 Å². The van der Waals surface area contributed by atoms with Crippen LogP contribution in [-0.2, 0) is 9.53 Å². The van der Waals surface area contributed by atoms with Crippen LogP contribution in [0.15, 0.2) is 0 Å². The molecule has 17 heavy (non-hydrogen) atoms. The second kappa shape index (κ2) is 5.85. The molecule has 3 heteroatoms. The van der Waals surface area contributed by atoms with Gasteiger partial charge < -0.3 is 9.64 Å². The molecule has 0 N–H and O–H groups in total. The van der Waals surface area contributed by atoms with E-state index in [1.54, 1.807) is 0 Å². The SMILES string of the molecule is CC(C)OCC(=O)N1CCC2CCCCC2C1. The van der Waals surface area contributed by atoms with Crippen molar-refractivity contribution in [1.82, 2.24) is 4.90 Å². The maximum Gasteiger partial charge on any atom is 0.248 e. The monoisotopic (exact) mass is 239 g/mol. The van der Waals surface area contributed by atoms with Gasteiger partial charge in [0, 0.05) is 13.1 Å². The third kappa shape index (κ3) is 3.44. The Bertz CT molecular complexity index is 265. The molecule has 0 aromatic rings. The summed E-state index contributed by atoms with van der Waals surface area (Å²) in [5.41, 5.74) is 0. The Morgan fingerprint density at radius 2 is 1.94 bits per heavy atom. The van der Waals surface area contributed by atoms with Crippen molar-refractivity contribution in [2.75, 3.05) is 19.7 Å². The molecule has 1 saturated carbocycles. The summed E-state index contributed by atoms with van der Waals surface area (Å²) in [6.07, 6.45) is 6.80. The zero-order valence-corrected chi connectivity index (χ0v) is 11.2. The predicted octanol–water partition coefficient (Wildman–Crippen LogP) is 2.45. The third-order valence-electron chi connectivity index (χ3n) is 4.18. The van der Waals surface area contributed by atoms with Gasteiger partial charge in [0.25, 0.3) is 0 Å². The van der Waals surface area contributed by atoms with Gasteiger partial charge in [-0.1, -0.05) is 19.3 Å². The molecule has 0 aromatic heterocycles. The molecule has 1 amide bonds. The Kier molecular flexibility index (Phi) is 4.43. The maximum absolute atomic E-state index is 12.0. The lowest BCUT2D eigenvalue weighted by molar-refractivity contribution is -0.140. The summed E-state index contributed by atoms with van der Waals surface area (Å²) in [6.45, 7) is 6.13. The van der Waals surface area contributed by atoms with Crippen LogP contribution in [0.1, 0.15) is 46.0 Å². The van der Waals surface area contributed by atoms with E-state index < -0.39 is 0 Å². The molecule has 2 rings (SSSR count). The van der Waals surface area contributed by atoms with E-state index in [-0.39, 0.29) is 18.6 Å². The van der Waals surface area contributed by atoms with E-state index in [0.717, 1.165) is 24.9 Å². The first-order valence-electron chi connectivity index (χ1n) is 7.06. The van der Waals surface area contributed by atoms with E-state index in [1.165, 1.54) is 32.1 Å². The number of nitrogens with zero attached hydrogens (tertiary/aromatic N) is 1. The lowest BCUT2D eigenvalue weighted by atomic mass is 9.75. The van der Waals surface area contributed by atoms with Crippen molar-refractivity contribution in [2.24, 2.45) is 11.8 Å². The predicted molar refractivity (Wildman–Crippen MR) is 67.7 cm³/mol. The second-order valence-corrected chi connectivity index (χ2v) is 5.79. The average molecular weight is 239 g/mol. The summed E-state index contributed by atoms with van der Waals surface area (Å²) in [5.74, 6) is 1.84. The molecular weight excluding hydrogens is 214 g/mol. The topological polar surface area (TPSA) is 29.5 Å². The largest absolute Gasteiger partial charge is 0.369 e. The van der Waals surface area contributed by atoms with Crippen molar-refractivity contribution in [2.45, 2.75) is 52.1 Å². The van der Waals surface area contributed by atoms with Crippen LogP contribution in [0.2, 0.25) is 0 Å². The molecule has 1 heterocycles. The smallest absolute Gasteiger partial charge is 0.248 e. The van der Waals surface area contributed by atoms with Crippen molar-refractivity contribution in [3.05, 3.63) is 0 Å². The molecule has 1 aliphatic carbocycles. The van der Waals surface area contributed by atoms with Gasteiger partial charge >= 0.3 is 0 Å². The number of carbonyl (C=O) groups is 1. The van der Waals surface area contributed by atoms with Crippen LogP contribution in [0.25, 0.3) is 0 Å². The zero-order valence-electron chi connectivity index (χ0n) is 11.2. The van der Waals surface area contributed by atoms with Crippen LogP contribution in [0.5, 0.6) is 0 Å². The Balaban J connectivity index is 1.80. The van der Waals surface area contributed by atoms with Crippen molar-refractivity contribution < 1.29 is 9.53 Å². The summed E-state index contributed by atoms with van der Waals surface area (Å²) in [7, 11) is 0. The summed E-state index contributed by atoms with van der Waals surface area (Å²) in [6, 6.07) is 0. The molecule has 0 bridgehead atoms. The Morgan fingerprint density at radius 1 is 1.24 bits per heavy atom. The normalized spacial score (nSPS) is 29.2. The van der Waals surface area contributed by atoms with Gasteiger partial charge in [-0.15, -0.1) is 0 Å². The lowest BCUT2D eigenvalue weighted by Gasteiger charge is -2.41. The number of piperidine rings is 1. The highest BCUT2D eigenvalue weighted by Crippen LogP contribution is 2.35. The molecule has 0 radical (unpaired) electrons. The molecule has 1 aliphatic heterocycles. The Hall–Kier alpha value is -0.570. The maximum atomic E-state index is 12.0. The van der Waals surface area contributed by atoms with Crippen molar-refractivity contribution in [3.8, 4) is 0 Å².